The molecule has 1 aliphatic rings. The molecule has 0 atom stereocenters. The van der Waals surface area contributed by atoms with Crippen molar-refractivity contribution >= 4 is 28.9 Å². The monoisotopic (exact) mass is 585 g/mol. The molecule has 1 saturated carbocycles. The van der Waals surface area contributed by atoms with Crippen LogP contribution in [0.25, 0.3) is 10.4 Å². The molecule has 214 valence electrons. The third-order valence-corrected chi connectivity index (χ3v) is 8.27. The fourth-order valence-corrected chi connectivity index (χ4v) is 5.88. The number of aromatic nitrogens is 3. The van der Waals surface area contributed by atoms with Gasteiger partial charge in [-0.1, -0.05) is 18.2 Å². The summed E-state index contributed by atoms with van der Waals surface area (Å²) in [6.45, 7) is 2.17. The lowest BCUT2D eigenvalue weighted by atomic mass is 9.78. The number of nitrogens with zero attached hydrogens (tertiary/aromatic N) is 3. The maximum atomic E-state index is 13.1. The molecular weight excluding hydrogens is 558 g/mol. The Morgan fingerprint density at radius 1 is 1.10 bits per heavy atom. The van der Waals surface area contributed by atoms with Gasteiger partial charge < -0.3 is 15.7 Å². The molecule has 1 aliphatic carbocycles. The Morgan fingerprint density at radius 3 is 2.54 bits per heavy atom. The van der Waals surface area contributed by atoms with Crippen molar-refractivity contribution in [2.75, 3.05) is 5.32 Å². The van der Waals surface area contributed by atoms with E-state index >= 15 is 0 Å². The summed E-state index contributed by atoms with van der Waals surface area (Å²) in [5.74, 6) is -0.838. The number of rotatable bonds is 7. The Morgan fingerprint density at radius 2 is 1.83 bits per heavy atom. The number of alkyl halides is 3. The first kappa shape index (κ1) is 28.6. The van der Waals surface area contributed by atoms with E-state index in [0.29, 0.717) is 42.9 Å². The van der Waals surface area contributed by atoms with E-state index in [4.69, 9.17) is 0 Å². The number of benzene rings is 2. The van der Waals surface area contributed by atoms with Crippen molar-refractivity contribution in [3.8, 4) is 10.4 Å². The highest BCUT2D eigenvalue weighted by Crippen LogP contribution is 2.43. The number of aliphatic hydroxyl groups is 1. The number of carbonyl (C=O) groups excluding carboxylic acids is 1. The number of aryl methyl sites for hydroxylation is 1. The quantitative estimate of drug-likeness (QED) is 0.214. The molecular formula is C29H27F4N5O2S. The van der Waals surface area contributed by atoms with Crippen LogP contribution in [-0.2, 0) is 23.1 Å². The average Bonchev–Trinajstić information content (AvgIpc) is 3.44. The number of amides is 1. The van der Waals surface area contributed by atoms with E-state index in [2.05, 4.69) is 25.6 Å². The lowest BCUT2D eigenvalue weighted by Gasteiger charge is -2.33. The van der Waals surface area contributed by atoms with Gasteiger partial charge in [-0.3, -0.25) is 4.79 Å². The highest BCUT2D eigenvalue weighted by molar-refractivity contribution is 7.15. The smallest absolute Gasteiger partial charge is 0.383 e. The molecule has 7 nitrogen and oxygen atoms in total. The summed E-state index contributed by atoms with van der Waals surface area (Å²) in [5.41, 5.74) is 0.758. The fourth-order valence-electron chi connectivity index (χ4n) is 4.83. The van der Waals surface area contributed by atoms with Crippen LogP contribution in [0, 0.1) is 18.7 Å². The largest absolute Gasteiger partial charge is 0.433 e. The highest BCUT2D eigenvalue weighted by atomic mass is 32.1. The van der Waals surface area contributed by atoms with E-state index in [-0.39, 0.29) is 23.6 Å². The van der Waals surface area contributed by atoms with Gasteiger partial charge in [0.05, 0.1) is 4.88 Å². The molecule has 0 spiro atoms. The Bertz CT molecular complexity index is 1530. The fraction of sp³-hybridized carbons (Fsp3) is 0.310. The SMILES string of the molecule is Cc1cc(Nc2nccc(C(F)(F)F)n2)cc(-c2cnc([C@]3(O)CC[C@@H](C(=O)NCc4ccc(F)cc4)CC3)s2)c1. The molecule has 0 aliphatic heterocycles. The summed E-state index contributed by atoms with van der Waals surface area (Å²) in [5, 5.41) is 17.7. The normalized spacial score (nSPS) is 19.1. The van der Waals surface area contributed by atoms with Crippen LogP contribution in [0.1, 0.15) is 47.5 Å². The van der Waals surface area contributed by atoms with E-state index < -0.39 is 17.5 Å². The van der Waals surface area contributed by atoms with E-state index in [1.165, 1.54) is 23.5 Å². The molecule has 1 amide bonds. The zero-order chi connectivity index (χ0) is 29.2. The first-order valence-electron chi connectivity index (χ1n) is 13.0. The second-order valence-electron chi connectivity index (χ2n) is 10.2. The first-order valence-corrected chi connectivity index (χ1v) is 13.8. The Labute approximate surface area is 237 Å². The molecule has 2 aromatic heterocycles. The van der Waals surface area contributed by atoms with E-state index in [1.54, 1.807) is 30.5 Å². The van der Waals surface area contributed by atoms with E-state index in [0.717, 1.165) is 33.8 Å². The molecule has 3 N–H and O–H groups in total. The number of hydrogen-bond acceptors (Lipinski definition) is 7. The minimum atomic E-state index is -4.58. The van der Waals surface area contributed by atoms with Crippen LogP contribution in [0.15, 0.2) is 60.9 Å². The number of anilines is 2. The summed E-state index contributed by atoms with van der Waals surface area (Å²) in [7, 11) is 0. The van der Waals surface area contributed by atoms with Gasteiger partial charge in [-0.2, -0.15) is 13.2 Å². The van der Waals surface area contributed by atoms with Gasteiger partial charge in [-0.25, -0.2) is 19.3 Å². The molecule has 0 saturated heterocycles. The van der Waals surface area contributed by atoms with Gasteiger partial charge in [0.1, 0.15) is 22.1 Å². The maximum Gasteiger partial charge on any atom is 0.433 e. The third-order valence-electron chi connectivity index (χ3n) is 7.03. The number of hydrogen-bond donors (Lipinski definition) is 3. The lowest BCUT2D eigenvalue weighted by molar-refractivity contribution is -0.141. The summed E-state index contributed by atoms with van der Waals surface area (Å²) in [6, 6.07) is 12.2. The van der Waals surface area contributed by atoms with Crippen LogP contribution >= 0.6 is 11.3 Å². The van der Waals surface area contributed by atoms with Crippen molar-refractivity contribution in [1.82, 2.24) is 20.3 Å². The molecule has 12 heteroatoms. The summed E-state index contributed by atoms with van der Waals surface area (Å²) >= 11 is 1.34. The van der Waals surface area contributed by atoms with Gasteiger partial charge in [-0.15, -0.1) is 11.3 Å². The van der Waals surface area contributed by atoms with Gasteiger partial charge in [-0.05, 0) is 79.6 Å². The number of carbonyl (C=O) groups is 1. The third kappa shape index (κ3) is 6.88. The van der Waals surface area contributed by atoms with Crippen LogP contribution in [0.4, 0.5) is 29.2 Å². The van der Waals surface area contributed by atoms with Gasteiger partial charge in [0, 0.05) is 30.5 Å². The van der Waals surface area contributed by atoms with Crippen molar-refractivity contribution in [2.24, 2.45) is 5.92 Å². The minimum Gasteiger partial charge on any atom is -0.383 e. The topological polar surface area (TPSA) is 100 Å². The number of thiazole rings is 1. The Balaban J connectivity index is 1.23. The summed E-state index contributed by atoms with van der Waals surface area (Å²) in [4.78, 5) is 25.4. The average molecular weight is 586 g/mol. The zero-order valence-corrected chi connectivity index (χ0v) is 22.8. The first-order chi connectivity index (χ1) is 19.5. The number of halogens is 4. The molecule has 2 heterocycles. The Kier molecular flexibility index (Phi) is 8.05. The molecule has 4 aromatic rings. The standard InChI is InChI=1S/C29H27F4N5O2S/c1-17-12-20(14-22(13-17)37-27-34-11-8-24(38-27)29(31,32)33)23-16-36-26(41-23)28(40)9-6-19(7-10-28)25(39)35-15-18-2-4-21(30)5-3-18/h2-5,8,11-14,16,19,40H,6-7,9-10,15H2,1H3,(H,35,39)(H,34,37,38)/t19-,28+. The van der Waals surface area contributed by atoms with Crippen molar-refractivity contribution < 1.29 is 27.5 Å². The van der Waals surface area contributed by atoms with Gasteiger partial charge >= 0.3 is 6.18 Å². The zero-order valence-electron chi connectivity index (χ0n) is 22.0. The summed E-state index contributed by atoms with van der Waals surface area (Å²) < 4.78 is 52.2. The van der Waals surface area contributed by atoms with E-state index in [1.807, 2.05) is 13.0 Å². The highest BCUT2D eigenvalue weighted by Gasteiger charge is 2.39. The van der Waals surface area contributed by atoms with Crippen LogP contribution < -0.4 is 10.6 Å². The minimum absolute atomic E-state index is 0.0965. The van der Waals surface area contributed by atoms with Crippen LogP contribution in [0.5, 0.6) is 0 Å². The van der Waals surface area contributed by atoms with Crippen LogP contribution in [0.3, 0.4) is 0 Å². The molecule has 0 bridgehead atoms. The molecule has 41 heavy (non-hydrogen) atoms. The van der Waals surface area contributed by atoms with Crippen molar-refractivity contribution in [3.05, 3.63) is 88.6 Å². The lowest BCUT2D eigenvalue weighted by Crippen LogP contribution is -2.38. The van der Waals surface area contributed by atoms with Crippen molar-refractivity contribution in [2.45, 2.75) is 50.9 Å². The molecule has 1 fully saturated rings. The molecule has 0 unspecified atom stereocenters. The predicted octanol–water partition coefficient (Wildman–Crippen LogP) is 6.50. The predicted molar refractivity (Wildman–Crippen MR) is 147 cm³/mol. The van der Waals surface area contributed by atoms with Crippen LogP contribution in [0.2, 0.25) is 0 Å². The molecule has 2 aromatic carbocycles. The van der Waals surface area contributed by atoms with Crippen LogP contribution in [-0.4, -0.2) is 26.0 Å². The van der Waals surface area contributed by atoms with Crippen molar-refractivity contribution in [1.29, 1.82) is 0 Å². The summed E-state index contributed by atoms with van der Waals surface area (Å²) in [6.07, 6.45) is -0.117. The van der Waals surface area contributed by atoms with Gasteiger partial charge in [0.2, 0.25) is 11.9 Å². The van der Waals surface area contributed by atoms with E-state index in [9.17, 15) is 27.5 Å². The number of nitrogens with one attached hydrogen (secondary N) is 2. The molecule has 5 rings (SSSR count). The van der Waals surface area contributed by atoms with Crippen molar-refractivity contribution in [3.63, 3.8) is 0 Å². The second kappa shape index (κ2) is 11.5. The second-order valence-corrected chi connectivity index (χ2v) is 11.2. The Hall–Kier alpha value is -3.90. The maximum absolute atomic E-state index is 13.1. The molecule has 0 radical (unpaired) electrons. The van der Waals surface area contributed by atoms with Gasteiger partial charge in [0.15, 0.2) is 0 Å². The van der Waals surface area contributed by atoms with Gasteiger partial charge in [0.25, 0.3) is 0 Å².